The van der Waals surface area contributed by atoms with Crippen LogP contribution in [-0.2, 0) is 79.3 Å². The van der Waals surface area contributed by atoms with E-state index in [0.717, 1.165) is 136 Å². The van der Waals surface area contributed by atoms with Crippen molar-refractivity contribution in [3.63, 3.8) is 0 Å². The first-order chi connectivity index (χ1) is 44.6. The Bertz CT molecular complexity index is 3130. The topological polar surface area (TPSA) is 123 Å². The van der Waals surface area contributed by atoms with Crippen molar-refractivity contribution in [1.29, 1.82) is 0 Å². The minimum Gasteiger partial charge on any atom is -0.487 e. The second kappa shape index (κ2) is 37.6. The maximum absolute atomic E-state index is 6.66. The van der Waals surface area contributed by atoms with Crippen molar-refractivity contribution in [2.75, 3.05) is 42.7 Å². The first-order valence-corrected chi connectivity index (χ1v) is 33.8. The van der Waals surface area contributed by atoms with Crippen LogP contribution in [0.15, 0.2) is 102 Å². The maximum Gasteiger partial charge on any atom is 0.138 e. The first kappa shape index (κ1) is 73.1. The van der Waals surface area contributed by atoms with E-state index in [4.69, 9.17) is 56.8 Å². The summed E-state index contributed by atoms with van der Waals surface area (Å²) in [5.41, 5.74) is 14.6. The Morgan fingerprint density at radius 3 is 1.22 bits per heavy atom. The lowest BCUT2D eigenvalue weighted by Gasteiger charge is -2.34. The van der Waals surface area contributed by atoms with Gasteiger partial charge < -0.3 is 56.8 Å². The lowest BCUT2D eigenvalue weighted by Crippen LogP contribution is -2.39. The van der Waals surface area contributed by atoms with Crippen LogP contribution in [0.4, 0.5) is 0 Å². The van der Waals surface area contributed by atoms with E-state index >= 15 is 0 Å². The molecule has 0 saturated heterocycles. The molecule has 6 aromatic rings. The van der Waals surface area contributed by atoms with Gasteiger partial charge in [0, 0.05) is 93.4 Å². The largest absolute Gasteiger partial charge is 0.487 e. The van der Waals surface area contributed by atoms with Crippen molar-refractivity contribution >= 4 is 6.21 Å². The summed E-state index contributed by atoms with van der Waals surface area (Å²) in [6, 6.07) is 33.8. The highest BCUT2D eigenvalue weighted by atomic mass is 16.6. The van der Waals surface area contributed by atoms with Gasteiger partial charge in [0.25, 0.3) is 0 Å². The average Bonchev–Trinajstić information content (AvgIpc) is 1.44. The van der Waals surface area contributed by atoms with Gasteiger partial charge in [-0.25, -0.2) is 0 Å². The van der Waals surface area contributed by atoms with Crippen molar-refractivity contribution in [1.82, 2.24) is 0 Å². The van der Waals surface area contributed by atoms with Crippen molar-refractivity contribution in [2.45, 2.75) is 234 Å². The number of methoxy groups -OCH3 is 6. The van der Waals surface area contributed by atoms with Crippen LogP contribution in [0.25, 0.3) is 0 Å². The molecule has 0 spiro atoms. The molecule has 2 fully saturated rings. The quantitative estimate of drug-likeness (QED) is 0.0426. The van der Waals surface area contributed by atoms with Crippen molar-refractivity contribution < 1.29 is 56.8 Å². The van der Waals surface area contributed by atoms with E-state index < -0.39 is 0 Å². The highest BCUT2D eigenvalue weighted by Gasteiger charge is 2.32. The van der Waals surface area contributed by atoms with E-state index in [0.29, 0.717) is 63.9 Å². The smallest absolute Gasteiger partial charge is 0.138 e. The Morgan fingerprint density at radius 1 is 0.413 bits per heavy atom. The third-order valence-corrected chi connectivity index (χ3v) is 17.9. The molecule has 0 aromatic heterocycles. The molecule has 0 radical (unpaired) electrons. The van der Waals surface area contributed by atoms with Gasteiger partial charge in [-0.3, -0.25) is 4.99 Å². The van der Waals surface area contributed by atoms with Gasteiger partial charge in [-0.1, -0.05) is 115 Å². The molecule has 0 amide bonds. The molecule has 3 aliphatic rings. The van der Waals surface area contributed by atoms with Crippen LogP contribution in [-0.4, -0.2) is 79.4 Å². The van der Waals surface area contributed by atoms with Gasteiger partial charge in [0.2, 0.25) is 0 Å². The lowest BCUT2D eigenvalue weighted by molar-refractivity contribution is -0.0807. The van der Waals surface area contributed by atoms with E-state index in [1.165, 1.54) is 47.1 Å². The van der Waals surface area contributed by atoms with E-state index in [1.54, 1.807) is 42.7 Å². The number of hydrogen-bond donors (Lipinski definition) is 0. The SMILES string of the molecule is CCC(C)OC1CCCCC1Oc1c(COC)cc(C)cc1COC.CCC(C)c1ccc(OC2CCCCC2Oc2c(COC)cc(C)cc2COC)cc1.CCC(C)c1ccc(Oc2ccc(Oc3c(COC)cc(C(C)C)cc3COC)c3c2C=NC3)cc1. The second-order valence-electron chi connectivity index (χ2n) is 25.6. The lowest BCUT2D eigenvalue weighted by atomic mass is 9.94. The van der Waals surface area contributed by atoms with Gasteiger partial charge in [-0.05, 0) is 168 Å². The molecule has 1 heterocycles. The third kappa shape index (κ3) is 20.6. The zero-order valence-electron chi connectivity index (χ0n) is 58.5. The van der Waals surface area contributed by atoms with Crippen molar-refractivity contribution in [2.24, 2.45) is 4.99 Å². The summed E-state index contributed by atoms with van der Waals surface area (Å²) in [4.78, 5) is 4.52. The predicted octanol–water partition coefficient (Wildman–Crippen LogP) is 19.5. The Kier molecular flexibility index (Phi) is 29.9. The summed E-state index contributed by atoms with van der Waals surface area (Å²) >= 11 is 0. The number of nitrogens with zero attached hydrogens (tertiary/aromatic N) is 1. The summed E-state index contributed by atoms with van der Waals surface area (Å²) in [6.07, 6.45) is 14.6. The molecule has 502 valence electrons. The highest BCUT2D eigenvalue weighted by molar-refractivity contribution is 5.89. The summed E-state index contributed by atoms with van der Waals surface area (Å²) in [5.74, 6) is 7.37. The van der Waals surface area contributed by atoms with Crippen LogP contribution in [0.5, 0.6) is 40.2 Å². The molecule has 0 bridgehead atoms. The Labute approximate surface area is 552 Å². The Balaban J connectivity index is 0.000000199. The van der Waals surface area contributed by atoms with Gasteiger partial charge >= 0.3 is 0 Å². The van der Waals surface area contributed by atoms with Crippen LogP contribution in [0.2, 0.25) is 0 Å². The van der Waals surface area contributed by atoms with Gasteiger partial charge in [-0.15, -0.1) is 0 Å². The number of ether oxygens (including phenoxy) is 12. The predicted molar refractivity (Wildman–Crippen MR) is 370 cm³/mol. The minimum atomic E-state index is 0.0110. The number of benzene rings is 6. The molecule has 0 N–H and O–H groups in total. The van der Waals surface area contributed by atoms with E-state index in [2.05, 4.69) is 147 Å². The molecular formula is C79H109NO12. The summed E-state index contributed by atoms with van der Waals surface area (Å²) in [7, 11) is 10.3. The van der Waals surface area contributed by atoms with Crippen LogP contribution in [0.1, 0.15) is 216 Å². The normalized spacial score (nSPS) is 17.8. The number of aryl methyl sites for hydroxylation is 2. The summed E-state index contributed by atoms with van der Waals surface area (Å²) in [5, 5.41) is 0. The zero-order valence-corrected chi connectivity index (χ0v) is 58.5. The summed E-state index contributed by atoms with van der Waals surface area (Å²) in [6.45, 7) is 25.4. The third-order valence-electron chi connectivity index (χ3n) is 17.9. The van der Waals surface area contributed by atoms with Crippen molar-refractivity contribution in [3.8, 4) is 40.2 Å². The van der Waals surface area contributed by atoms with Crippen LogP contribution in [0.3, 0.4) is 0 Å². The van der Waals surface area contributed by atoms with Gasteiger partial charge in [-0.2, -0.15) is 0 Å². The highest BCUT2D eigenvalue weighted by Crippen LogP contribution is 2.42. The fourth-order valence-electron chi connectivity index (χ4n) is 12.3. The average molecular weight is 1260 g/mol. The molecule has 2 saturated carbocycles. The Hall–Kier alpha value is -6.29. The van der Waals surface area contributed by atoms with E-state index in [-0.39, 0.29) is 30.5 Å². The number of aliphatic imine (C=N–C) groups is 1. The fourth-order valence-corrected chi connectivity index (χ4v) is 12.3. The van der Waals surface area contributed by atoms with Crippen LogP contribution in [0, 0.1) is 13.8 Å². The maximum atomic E-state index is 6.66. The van der Waals surface area contributed by atoms with Crippen molar-refractivity contribution in [3.05, 3.63) is 169 Å². The molecule has 7 unspecified atom stereocenters. The van der Waals surface area contributed by atoms with E-state index in [1.807, 2.05) is 30.5 Å². The molecule has 13 heteroatoms. The fraction of sp³-hybridized carbons (Fsp3) is 0.532. The molecule has 9 rings (SSSR count). The molecule has 1 aliphatic heterocycles. The molecule has 13 nitrogen and oxygen atoms in total. The number of fused-ring (bicyclic) bond motifs is 1. The second-order valence-corrected chi connectivity index (χ2v) is 25.6. The van der Waals surface area contributed by atoms with Gasteiger partial charge in [0.15, 0.2) is 0 Å². The van der Waals surface area contributed by atoms with Crippen LogP contribution >= 0.6 is 0 Å². The molecule has 6 aromatic carbocycles. The standard InChI is InChI=1S/C31H37NO4.C27H38O4.C21H34O4/c1-7-21(4)22-8-10-26(11-9-22)35-29-12-13-30(28-17-32-16-27(28)29)36-31-24(18-33-5)14-23(20(2)3)15-25(31)19-34-6;1-6-20(3)21-11-13-24(14-12-21)30-25-9-7-8-10-26(25)31-27-22(17-28-4)15-19(2)16-23(27)18-29-5;1-6-16(3)24-19-9-7-8-10-20(19)25-21-17(13-22-4)11-15(2)12-18(21)14-23-5/h8-16,20-21H,7,17-19H2,1-6H3;11-16,20,25-26H,6-10,17-18H2,1-5H3;11-12,16,19-20H,6-10,13-14H2,1-5H3. The first-order valence-electron chi connectivity index (χ1n) is 33.8. The zero-order chi connectivity index (χ0) is 66.1. The summed E-state index contributed by atoms with van der Waals surface area (Å²) < 4.78 is 71.5. The minimum absolute atomic E-state index is 0.0110. The molecule has 2 aliphatic carbocycles. The molecule has 7 atom stereocenters. The van der Waals surface area contributed by atoms with E-state index in [9.17, 15) is 0 Å². The van der Waals surface area contributed by atoms with Gasteiger partial charge in [0.1, 0.15) is 58.6 Å². The molecule has 92 heavy (non-hydrogen) atoms. The monoisotopic (exact) mass is 1260 g/mol. The van der Waals surface area contributed by atoms with Crippen LogP contribution < -0.4 is 23.7 Å². The Morgan fingerprint density at radius 2 is 0.804 bits per heavy atom. The molecular weight excluding hydrogens is 1150 g/mol. The number of hydrogen-bond acceptors (Lipinski definition) is 13. The number of rotatable bonds is 30. The van der Waals surface area contributed by atoms with Gasteiger partial charge in [0.05, 0.1) is 58.4 Å².